The van der Waals surface area contributed by atoms with E-state index >= 15 is 0 Å². The third-order valence-corrected chi connectivity index (χ3v) is 3.31. The molecule has 0 rings (SSSR count). The van der Waals surface area contributed by atoms with Gasteiger partial charge in [-0.1, -0.05) is 39.0 Å². The summed E-state index contributed by atoms with van der Waals surface area (Å²) in [5.74, 6) is 1.90. The van der Waals surface area contributed by atoms with Crippen molar-refractivity contribution >= 4 is 21.4 Å². The van der Waals surface area contributed by atoms with Crippen LogP contribution in [-0.4, -0.2) is 22.3 Å². The van der Waals surface area contributed by atoms with Crippen LogP contribution < -0.4 is 0 Å². The Bertz CT molecular complexity index is 145. The Hall–Kier alpha value is 0.207. The monoisotopic (exact) mass is 220 g/mol. The molecular weight excluding hydrogens is 200 g/mol. The van der Waals surface area contributed by atoms with Gasteiger partial charge in [0, 0.05) is 12.5 Å². The van der Waals surface area contributed by atoms with Gasteiger partial charge in [0.15, 0.2) is 9.76 Å². The fraction of sp³-hybridized carbons (Fsp3) is 0.800. The van der Waals surface area contributed by atoms with Gasteiger partial charge in [-0.15, -0.1) is 11.6 Å². The molecule has 0 spiro atoms. The van der Waals surface area contributed by atoms with Gasteiger partial charge < -0.3 is 4.43 Å². The first kappa shape index (κ1) is 13.2. The smallest absolute Gasteiger partial charge is 0.185 e. The molecule has 0 aliphatic heterocycles. The van der Waals surface area contributed by atoms with Gasteiger partial charge in [-0.3, -0.25) is 0 Å². The van der Waals surface area contributed by atoms with Crippen LogP contribution in [0, 0.1) is 11.8 Å². The molecule has 0 aliphatic rings. The lowest BCUT2D eigenvalue weighted by atomic mass is 9.95. The van der Waals surface area contributed by atoms with Crippen molar-refractivity contribution in [3.8, 4) is 0 Å². The summed E-state index contributed by atoms with van der Waals surface area (Å²) in [4.78, 5) is 0. The minimum atomic E-state index is -0.479. The van der Waals surface area contributed by atoms with Crippen molar-refractivity contribution in [1.82, 2.24) is 0 Å². The van der Waals surface area contributed by atoms with E-state index in [4.69, 9.17) is 16.0 Å². The van der Waals surface area contributed by atoms with Crippen LogP contribution in [0.4, 0.5) is 0 Å². The maximum atomic E-state index is 5.52. The number of hydrogen-bond acceptors (Lipinski definition) is 1. The Balaban J connectivity index is 3.90. The lowest BCUT2D eigenvalue weighted by Gasteiger charge is -2.15. The molecule has 3 heteroatoms. The van der Waals surface area contributed by atoms with Crippen molar-refractivity contribution in [3.05, 3.63) is 11.3 Å². The van der Waals surface area contributed by atoms with E-state index in [-0.39, 0.29) is 0 Å². The summed E-state index contributed by atoms with van der Waals surface area (Å²) in [5, 5.41) is 0. The number of alkyl halides is 1. The second-order valence-corrected chi connectivity index (χ2v) is 5.31. The highest BCUT2D eigenvalue weighted by molar-refractivity contribution is 6.34. The van der Waals surface area contributed by atoms with Gasteiger partial charge in [0.25, 0.3) is 0 Å². The Labute approximate surface area is 89.4 Å². The minimum Gasteiger partial charge on any atom is -0.418 e. The fourth-order valence-electron chi connectivity index (χ4n) is 1.43. The van der Waals surface area contributed by atoms with E-state index in [9.17, 15) is 0 Å². The highest BCUT2D eigenvalue weighted by Crippen LogP contribution is 2.18. The molecule has 0 radical (unpaired) electrons. The van der Waals surface area contributed by atoms with Crippen molar-refractivity contribution in [2.45, 2.75) is 27.7 Å². The average Bonchev–Trinajstić information content (AvgIpc) is 2.02. The average molecular weight is 221 g/mol. The Morgan fingerprint density at radius 2 is 1.85 bits per heavy atom. The van der Waals surface area contributed by atoms with Crippen LogP contribution in [0.1, 0.15) is 27.7 Å². The Morgan fingerprint density at radius 3 is 2.23 bits per heavy atom. The molecule has 0 aromatic carbocycles. The van der Waals surface area contributed by atoms with Crippen LogP contribution >= 0.6 is 11.6 Å². The van der Waals surface area contributed by atoms with Gasteiger partial charge in [-0.2, -0.15) is 0 Å². The van der Waals surface area contributed by atoms with E-state index in [1.165, 1.54) is 5.57 Å². The molecule has 0 amide bonds. The van der Waals surface area contributed by atoms with Gasteiger partial charge in [0.2, 0.25) is 0 Å². The maximum absolute atomic E-state index is 5.52. The van der Waals surface area contributed by atoms with E-state index in [2.05, 4.69) is 33.4 Å². The maximum Gasteiger partial charge on any atom is 0.185 e. The largest absolute Gasteiger partial charge is 0.418 e. The molecule has 0 atom stereocenters. The Morgan fingerprint density at radius 1 is 1.31 bits per heavy atom. The molecule has 0 bridgehead atoms. The van der Waals surface area contributed by atoms with Crippen molar-refractivity contribution in [2.24, 2.45) is 11.8 Å². The normalized spacial score (nSPS) is 11.9. The topological polar surface area (TPSA) is 9.23 Å². The van der Waals surface area contributed by atoms with Crippen LogP contribution in [0.25, 0.3) is 0 Å². The zero-order valence-electron chi connectivity index (χ0n) is 9.14. The third kappa shape index (κ3) is 6.30. The van der Waals surface area contributed by atoms with Gasteiger partial charge in [-0.25, -0.2) is 0 Å². The number of rotatable bonds is 6. The van der Waals surface area contributed by atoms with Crippen molar-refractivity contribution in [3.63, 3.8) is 0 Å². The first-order valence-electron chi connectivity index (χ1n) is 4.93. The molecular formula is C10H21ClOSi. The van der Waals surface area contributed by atoms with Crippen LogP contribution in [0.5, 0.6) is 0 Å². The molecule has 0 aromatic heterocycles. The summed E-state index contributed by atoms with van der Waals surface area (Å²) in [6.45, 7) is 9.65. The van der Waals surface area contributed by atoms with E-state index in [0.717, 1.165) is 0 Å². The molecule has 0 aliphatic carbocycles. The lowest BCUT2D eigenvalue weighted by molar-refractivity contribution is 0.369. The SMILES string of the molecule is CC(C)C(=C[SiH2]OCCCl)C(C)C. The molecule has 0 saturated heterocycles. The van der Waals surface area contributed by atoms with E-state index in [0.29, 0.717) is 24.3 Å². The zero-order chi connectivity index (χ0) is 10.3. The highest BCUT2D eigenvalue weighted by Gasteiger charge is 2.06. The zero-order valence-corrected chi connectivity index (χ0v) is 11.3. The standard InChI is InChI=1S/C10H21ClOSi/c1-8(2)10(9(3)4)7-13-12-6-5-11/h7-9H,5-6,13H2,1-4H3. The van der Waals surface area contributed by atoms with Crippen molar-refractivity contribution < 1.29 is 4.43 Å². The predicted molar refractivity (Wildman–Crippen MR) is 63.0 cm³/mol. The van der Waals surface area contributed by atoms with Crippen LogP contribution in [0.2, 0.25) is 0 Å². The third-order valence-electron chi connectivity index (χ3n) is 1.99. The second-order valence-electron chi connectivity index (χ2n) is 3.78. The molecule has 0 fully saturated rings. The van der Waals surface area contributed by atoms with E-state index in [1.54, 1.807) is 0 Å². The van der Waals surface area contributed by atoms with Crippen LogP contribution in [0.15, 0.2) is 11.3 Å². The van der Waals surface area contributed by atoms with Crippen LogP contribution in [-0.2, 0) is 4.43 Å². The van der Waals surface area contributed by atoms with Crippen molar-refractivity contribution in [2.75, 3.05) is 12.5 Å². The molecule has 0 unspecified atom stereocenters. The summed E-state index contributed by atoms with van der Waals surface area (Å²) < 4.78 is 5.44. The van der Waals surface area contributed by atoms with Gasteiger partial charge in [0.1, 0.15) is 0 Å². The molecule has 0 heterocycles. The van der Waals surface area contributed by atoms with E-state index in [1.807, 2.05) is 0 Å². The summed E-state index contributed by atoms with van der Waals surface area (Å²) in [6.07, 6.45) is 0. The number of allylic oxidation sites excluding steroid dienone is 1. The predicted octanol–water partition coefficient (Wildman–Crippen LogP) is 2.52. The minimum absolute atomic E-state index is 0.479. The van der Waals surface area contributed by atoms with E-state index < -0.39 is 9.76 Å². The van der Waals surface area contributed by atoms with Gasteiger partial charge in [-0.05, 0) is 11.8 Å². The van der Waals surface area contributed by atoms with Gasteiger partial charge >= 0.3 is 0 Å². The summed E-state index contributed by atoms with van der Waals surface area (Å²) >= 11 is 5.52. The number of halogens is 1. The first-order chi connectivity index (χ1) is 6.09. The van der Waals surface area contributed by atoms with Crippen molar-refractivity contribution in [1.29, 1.82) is 0 Å². The lowest BCUT2D eigenvalue weighted by Crippen LogP contribution is -2.06. The molecule has 13 heavy (non-hydrogen) atoms. The number of hydrogen-bond donors (Lipinski definition) is 0. The molecule has 0 aromatic rings. The molecule has 0 N–H and O–H groups in total. The molecule has 1 nitrogen and oxygen atoms in total. The second kappa shape index (κ2) is 7.60. The first-order valence-corrected chi connectivity index (χ1v) is 6.86. The van der Waals surface area contributed by atoms with Gasteiger partial charge in [0.05, 0.1) is 0 Å². The highest BCUT2D eigenvalue weighted by atomic mass is 35.5. The summed E-state index contributed by atoms with van der Waals surface area (Å²) in [6, 6.07) is 0. The summed E-state index contributed by atoms with van der Waals surface area (Å²) in [5.41, 5.74) is 3.85. The molecule has 0 saturated carbocycles. The van der Waals surface area contributed by atoms with Crippen LogP contribution in [0.3, 0.4) is 0 Å². The fourth-order valence-corrected chi connectivity index (χ4v) is 3.29. The Kier molecular flexibility index (Phi) is 7.72. The molecule has 78 valence electrons. The summed E-state index contributed by atoms with van der Waals surface area (Å²) in [7, 11) is -0.479. The quantitative estimate of drug-likeness (QED) is 0.380.